The number of carbonyl (C=O) groups excluding carboxylic acids is 4. The molecule has 5 rings (SSSR count). The molecule has 172 valence electrons. The Labute approximate surface area is 197 Å². The van der Waals surface area contributed by atoms with Crippen molar-refractivity contribution < 1.29 is 19.2 Å². The molecule has 0 aliphatic carbocycles. The van der Waals surface area contributed by atoms with Crippen molar-refractivity contribution in [3.63, 3.8) is 0 Å². The second-order valence-corrected chi connectivity index (χ2v) is 9.11. The zero-order valence-electron chi connectivity index (χ0n) is 19.0. The minimum atomic E-state index is -0.760. The number of anilines is 1. The van der Waals surface area contributed by atoms with Gasteiger partial charge in [0.25, 0.3) is 11.8 Å². The monoisotopic (exact) mass is 455 g/mol. The van der Waals surface area contributed by atoms with Gasteiger partial charge in [0.05, 0.1) is 11.7 Å². The van der Waals surface area contributed by atoms with Crippen LogP contribution in [0.2, 0.25) is 0 Å². The molecule has 0 bridgehead atoms. The molecule has 0 radical (unpaired) electrons. The summed E-state index contributed by atoms with van der Waals surface area (Å²) in [5.41, 5.74) is 2.54. The lowest BCUT2D eigenvalue weighted by Gasteiger charge is -2.30. The number of nitrogens with zero attached hydrogens (tertiary/aromatic N) is 1. The first kappa shape index (κ1) is 21.8. The summed E-state index contributed by atoms with van der Waals surface area (Å²) in [6, 6.07) is 17.6. The van der Waals surface area contributed by atoms with Crippen molar-refractivity contribution in [2.75, 3.05) is 4.90 Å². The fraction of sp³-hybridized carbons (Fsp3) is 0.259. The van der Waals surface area contributed by atoms with Gasteiger partial charge in [-0.3, -0.25) is 29.4 Å². The summed E-state index contributed by atoms with van der Waals surface area (Å²) in [4.78, 5) is 52.3. The predicted octanol–water partition coefficient (Wildman–Crippen LogP) is 3.73. The number of nitrogens with one attached hydrogen (secondary N) is 2. The highest BCUT2D eigenvalue weighted by atomic mass is 16.2. The minimum absolute atomic E-state index is 0.168. The lowest BCUT2D eigenvalue weighted by Crippen LogP contribution is -2.53. The molecule has 0 spiro atoms. The Bertz CT molecular complexity index is 1330. The maximum absolute atomic E-state index is 13.4. The van der Waals surface area contributed by atoms with Crippen molar-refractivity contribution >= 4 is 40.1 Å². The molecule has 2 unspecified atom stereocenters. The number of benzene rings is 3. The number of hydrogen-bond acceptors (Lipinski definition) is 4. The number of hydrogen-bond donors (Lipinski definition) is 2. The summed E-state index contributed by atoms with van der Waals surface area (Å²) in [7, 11) is 0. The van der Waals surface area contributed by atoms with Crippen LogP contribution in [0, 0.1) is 5.92 Å². The fourth-order valence-corrected chi connectivity index (χ4v) is 4.96. The molecule has 2 aliphatic heterocycles. The number of amides is 4. The Morgan fingerprint density at radius 1 is 1.00 bits per heavy atom. The van der Waals surface area contributed by atoms with Gasteiger partial charge < -0.3 is 5.32 Å². The van der Waals surface area contributed by atoms with E-state index in [0.29, 0.717) is 27.6 Å². The van der Waals surface area contributed by atoms with Crippen LogP contribution >= 0.6 is 0 Å². The van der Waals surface area contributed by atoms with Crippen molar-refractivity contribution in [2.24, 2.45) is 5.92 Å². The van der Waals surface area contributed by atoms with Crippen molar-refractivity contribution in [3.05, 3.63) is 77.4 Å². The van der Waals surface area contributed by atoms with Gasteiger partial charge in [0, 0.05) is 22.9 Å². The smallest absolute Gasteiger partial charge is 0.259 e. The molecule has 3 aromatic rings. The first-order chi connectivity index (χ1) is 16.4. The minimum Gasteiger partial charge on any atom is -0.345 e. The zero-order chi connectivity index (χ0) is 24.0. The van der Waals surface area contributed by atoms with Gasteiger partial charge in [0.1, 0.15) is 6.04 Å². The van der Waals surface area contributed by atoms with Gasteiger partial charge in [0.15, 0.2) is 0 Å². The largest absolute Gasteiger partial charge is 0.345 e. The van der Waals surface area contributed by atoms with Gasteiger partial charge in [-0.05, 0) is 41.5 Å². The molecule has 2 atom stereocenters. The lowest BCUT2D eigenvalue weighted by molar-refractivity contribution is -0.134. The Hall–Kier alpha value is -4.00. The third-order valence-electron chi connectivity index (χ3n) is 6.61. The Kier molecular flexibility index (Phi) is 5.40. The van der Waals surface area contributed by atoms with E-state index in [0.717, 1.165) is 5.56 Å². The van der Waals surface area contributed by atoms with Crippen LogP contribution in [0.1, 0.15) is 59.0 Å². The van der Waals surface area contributed by atoms with E-state index in [-0.39, 0.29) is 42.5 Å². The van der Waals surface area contributed by atoms with Crippen LogP contribution in [0.5, 0.6) is 0 Å². The van der Waals surface area contributed by atoms with Crippen LogP contribution in [0.3, 0.4) is 0 Å². The third-order valence-corrected chi connectivity index (χ3v) is 6.61. The van der Waals surface area contributed by atoms with Crippen LogP contribution in [-0.4, -0.2) is 29.7 Å². The molecule has 0 saturated carbocycles. The van der Waals surface area contributed by atoms with E-state index in [2.05, 4.69) is 24.5 Å². The van der Waals surface area contributed by atoms with Gasteiger partial charge in [-0.2, -0.15) is 0 Å². The van der Waals surface area contributed by atoms with Crippen molar-refractivity contribution in [3.8, 4) is 0 Å². The molecular weight excluding hydrogens is 430 g/mol. The molecule has 1 fully saturated rings. The van der Waals surface area contributed by atoms with Crippen LogP contribution in [0.15, 0.2) is 60.7 Å². The van der Waals surface area contributed by atoms with Crippen molar-refractivity contribution in [1.29, 1.82) is 0 Å². The molecule has 1 saturated heterocycles. The van der Waals surface area contributed by atoms with E-state index in [1.807, 2.05) is 36.4 Å². The van der Waals surface area contributed by atoms with Gasteiger partial charge in [-0.25, -0.2) is 0 Å². The zero-order valence-corrected chi connectivity index (χ0v) is 19.0. The fourth-order valence-electron chi connectivity index (χ4n) is 4.96. The molecule has 2 N–H and O–H groups in total. The van der Waals surface area contributed by atoms with Crippen LogP contribution in [-0.2, 0) is 9.59 Å². The van der Waals surface area contributed by atoms with Gasteiger partial charge >= 0.3 is 0 Å². The van der Waals surface area contributed by atoms with E-state index < -0.39 is 11.9 Å². The average Bonchev–Trinajstić information content (AvgIpc) is 3.11. The summed E-state index contributed by atoms with van der Waals surface area (Å²) < 4.78 is 0. The first-order valence-corrected chi connectivity index (χ1v) is 11.5. The normalized spacial score (nSPS) is 18.4. The number of carbonyl (C=O) groups is 4. The molecule has 3 aromatic carbocycles. The second-order valence-electron chi connectivity index (χ2n) is 9.11. The number of imide groups is 1. The quantitative estimate of drug-likeness (QED) is 0.573. The van der Waals surface area contributed by atoms with E-state index >= 15 is 0 Å². The van der Waals surface area contributed by atoms with E-state index in [1.54, 1.807) is 24.3 Å². The van der Waals surface area contributed by atoms with Gasteiger partial charge in [-0.15, -0.1) is 0 Å². The van der Waals surface area contributed by atoms with Gasteiger partial charge in [0.2, 0.25) is 11.8 Å². The maximum atomic E-state index is 13.4. The lowest BCUT2D eigenvalue weighted by atomic mass is 9.94. The van der Waals surface area contributed by atoms with Crippen molar-refractivity contribution in [2.45, 2.75) is 38.8 Å². The summed E-state index contributed by atoms with van der Waals surface area (Å²) in [5, 5.41) is 6.80. The summed E-state index contributed by atoms with van der Waals surface area (Å²) in [6.45, 7) is 4.11. The summed E-state index contributed by atoms with van der Waals surface area (Å²) >= 11 is 0. The van der Waals surface area contributed by atoms with Crippen LogP contribution in [0.4, 0.5) is 5.69 Å². The Balaban J connectivity index is 1.53. The van der Waals surface area contributed by atoms with E-state index in [9.17, 15) is 19.2 Å². The summed E-state index contributed by atoms with van der Waals surface area (Å²) in [6.07, 6.45) is 0.442. The molecule has 0 aromatic heterocycles. The SMILES string of the molecule is CC(C)C(NC(=O)c1ccc2c3c(cccc13)N(C1CCC(=O)NC1=O)C2=O)c1ccccc1. The molecule has 2 heterocycles. The standard InChI is InChI=1S/C27H25N3O4/c1-15(2)24(16-7-4-3-5-8-16)29-25(32)18-11-12-19-23-17(18)9-6-10-20(23)30(27(19)34)21-13-14-22(31)28-26(21)33/h3-12,15,21,24H,13-14H2,1-2H3,(H,29,32)(H,28,31,33). The van der Waals surface area contributed by atoms with Gasteiger partial charge in [-0.1, -0.05) is 56.3 Å². The van der Waals surface area contributed by atoms with Crippen LogP contribution in [0.25, 0.3) is 10.8 Å². The predicted molar refractivity (Wildman–Crippen MR) is 128 cm³/mol. The first-order valence-electron chi connectivity index (χ1n) is 11.5. The van der Waals surface area contributed by atoms with E-state index in [4.69, 9.17) is 0 Å². The topological polar surface area (TPSA) is 95.6 Å². The molecule has 4 amide bonds. The highest BCUT2D eigenvalue weighted by Gasteiger charge is 2.41. The molecule has 7 heteroatoms. The second kappa shape index (κ2) is 8.41. The third kappa shape index (κ3) is 3.53. The molecule has 2 aliphatic rings. The number of rotatable bonds is 5. The number of piperidine rings is 1. The molecule has 7 nitrogen and oxygen atoms in total. The van der Waals surface area contributed by atoms with Crippen molar-refractivity contribution in [1.82, 2.24) is 10.6 Å². The average molecular weight is 456 g/mol. The highest BCUT2D eigenvalue weighted by molar-refractivity contribution is 6.29. The molecule has 34 heavy (non-hydrogen) atoms. The molecular formula is C27H25N3O4. The van der Waals surface area contributed by atoms with Crippen LogP contribution < -0.4 is 15.5 Å². The Morgan fingerprint density at radius 3 is 2.47 bits per heavy atom. The Morgan fingerprint density at radius 2 is 1.76 bits per heavy atom. The highest BCUT2D eigenvalue weighted by Crippen LogP contribution is 2.41. The summed E-state index contributed by atoms with van der Waals surface area (Å²) in [5.74, 6) is -1.15. The van der Waals surface area contributed by atoms with E-state index in [1.165, 1.54) is 4.90 Å². The maximum Gasteiger partial charge on any atom is 0.259 e.